The number of nitrogens with one attached hydrogen (secondary N) is 1. The largest absolute Gasteiger partial charge is 0.507 e. The summed E-state index contributed by atoms with van der Waals surface area (Å²) in [6.07, 6.45) is 2.76. The van der Waals surface area contributed by atoms with Crippen LogP contribution >= 0.6 is 0 Å². The van der Waals surface area contributed by atoms with Gasteiger partial charge in [0.15, 0.2) is 0 Å². The minimum absolute atomic E-state index is 0.0396. The molecule has 0 unspecified atom stereocenters. The lowest BCUT2D eigenvalue weighted by molar-refractivity contribution is 0.412. The number of hydrogen-bond donors (Lipinski definition) is 2. The average Bonchev–Trinajstić information content (AvgIpc) is 3.01. The van der Waals surface area contributed by atoms with E-state index in [4.69, 9.17) is 4.74 Å². The molecule has 0 amide bonds. The van der Waals surface area contributed by atoms with Crippen LogP contribution < -0.4 is 10.3 Å². The zero-order valence-corrected chi connectivity index (χ0v) is 14.2. The van der Waals surface area contributed by atoms with Gasteiger partial charge in [0.1, 0.15) is 28.9 Å². The first-order valence-corrected chi connectivity index (χ1v) is 7.98. The normalized spacial score (nSPS) is 11.6. The second kappa shape index (κ2) is 6.03. The van der Waals surface area contributed by atoms with Gasteiger partial charge in [0.05, 0.1) is 13.3 Å². The molecular formula is C19H16N4O3. The highest BCUT2D eigenvalue weighted by atomic mass is 16.5. The third-order valence-corrected chi connectivity index (χ3v) is 4.20. The third kappa shape index (κ3) is 2.59. The smallest absolute Gasteiger partial charge is 0.298 e. The number of fused-ring (bicyclic) bond motifs is 3. The van der Waals surface area contributed by atoms with E-state index in [1.54, 1.807) is 12.1 Å². The molecule has 26 heavy (non-hydrogen) atoms. The fraction of sp³-hybridized carbons (Fsp3) is 0.105. The molecule has 0 aliphatic heterocycles. The number of aromatic hydroxyl groups is 1. The fourth-order valence-electron chi connectivity index (χ4n) is 2.83. The van der Waals surface area contributed by atoms with Gasteiger partial charge in [0.25, 0.3) is 5.56 Å². The summed E-state index contributed by atoms with van der Waals surface area (Å²) in [4.78, 5) is 20.2. The molecule has 0 bridgehead atoms. The number of aromatic nitrogens is 3. The Kier molecular flexibility index (Phi) is 3.69. The van der Waals surface area contributed by atoms with Crippen molar-refractivity contribution in [3.05, 3.63) is 64.2 Å². The van der Waals surface area contributed by atoms with Crippen molar-refractivity contribution in [1.82, 2.24) is 14.6 Å². The van der Waals surface area contributed by atoms with Crippen LogP contribution in [-0.2, 0) is 0 Å². The highest BCUT2D eigenvalue weighted by Crippen LogP contribution is 2.23. The van der Waals surface area contributed by atoms with Crippen molar-refractivity contribution in [2.45, 2.75) is 6.92 Å². The van der Waals surface area contributed by atoms with Crippen LogP contribution in [0.15, 0.2) is 52.6 Å². The first kappa shape index (κ1) is 15.9. The quantitative estimate of drug-likeness (QED) is 0.557. The monoisotopic (exact) mass is 348 g/mol. The summed E-state index contributed by atoms with van der Waals surface area (Å²) < 4.78 is 6.26. The Morgan fingerprint density at radius 1 is 1.27 bits per heavy atom. The summed E-state index contributed by atoms with van der Waals surface area (Å²) in [5.41, 5.74) is 3.06. The Balaban J connectivity index is 1.82. The molecule has 130 valence electrons. The summed E-state index contributed by atoms with van der Waals surface area (Å²) in [5.74, 6) is 0.619. The Labute approximate surface area is 148 Å². The van der Waals surface area contributed by atoms with Crippen LogP contribution in [0.5, 0.6) is 11.5 Å². The van der Waals surface area contributed by atoms with Crippen LogP contribution in [0.4, 0.5) is 0 Å². The number of aromatic amines is 1. The number of ether oxygens (including phenoxy) is 1. The Bertz CT molecular complexity index is 1220. The molecule has 2 N–H and O–H groups in total. The van der Waals surface area contributed by atoms with E-state index in [1.165, 1.54) is 25.7 Å². The van der Waals surface area contributed by atoms with Crippen molar-refractivity contribution in [1.29, 1.82) is 0 Å². The van der Waals surface area contributed by atoms with Crippen molar-refractivity contribution >= 4 is 28.2 Å². The molecule has 4 rings (SSSR count). The molecule has 4 aromatic rings. The molecule has 0 aliphatic rings. The summed E-state index contributed by atoms with van der Waals surface area (Å²) in [6.45, 7) is 1.99. The van der Waals surface area contributed by atoms with Crippen molar-refractivity contribution in [3.8, 4) is 11.5 Å². The number of aryl methyl sites for hydroxylation is 1. The third-order valence-electron chi connectivity index (χ3n) is 4.20. The van der Waals surface area contributed by atoms with Crippen molar-refractivity contribution in [3.63, 3.8) is 0 Å². The van der Waals surface area contributed by atoms with Crippen LogP contribution in [0.25, 0.3) is 21.9 Å². The zero-order valence-electron chi connectivity index (χ0n) is 14.2. The van der Waals surface area contributed by atoms with E-state index in [9.17, 15) is 9.90 Å². The van der Waals surface area contributed by atoms with E-state index >= 15 is 0 Å². The molecular weight excluding hydrogens is 332 g/mol. The number of phenols is 1. The predicted octanol–water partition coefficient (Wildman–Crippen LogP) is 2.78. The van der Waals surface area contributed by atoms with Crippen molar-refractivity contribution < 1.29 is 9.84 Å². The van der Waals surface area contributed by atoms with Crippen LogP contribution in [0.3, 0.4) is 0 Å². The number of nitrogens with zero attached hydrogens (tertiary/aromatic N) is 3. The molecule has 0 spiro atoms. The molecule has 0 saturated carbocycles. The lowest BCUT2D eigenvalue weighted by Crippen LogP contribution is -2.17. The van der Waals surface area contributed by atoms with E-state index in [0.29, 0.717) is 22.3 Å². The van der Waals surface area contributed by atoms with Gasteiger partial charge in [-0.1, -0.05) is 11.6 Å². The molecule has 7 heteroatoms. The standard InChI is InChI=1S/C19H16N4O3/c1-11-3-5-15-14(7-11)17-18(22-15)19(25)23(10-20-17)21-9-12-8-13(26-2)4-6-16(12)24/h3-10,22,24H,1-2H3. The van der Waals surface area contributed by atoms with Gasteiger partial charge in [-0.3, -0.25) is 4.79 Å². The highest BCUT2D eigenvalue weighted by Gasteiger charge is 2.10. The molecule has 0 aliphatic carbocycles. The molecule has 7 nitrogen and oxygen atoms in total. The lowest BCUT2D eigenvalue weighted by Gasteiger charge is -2.03. The van der Waals surface area contributed by atoms with E-state index in [0.717, 1.165) is 21.1 Å². The van der Waals surface area contributed by atoms with Gasteiger partial charge < -0.3 is 14.8 Å². The second-order valence-corrected chi connectivity index (χ2v) is 5.96. The molecule has 2 aromatic carbocycles. The maximum Gasteiger partial charge on any atom is 0.298 e. The van der Waals surface area contributed by atoms with Crippen molar-refractivity contribution in [2.75, 3.05) is 7.11 Å². The summed E-state index contributed by atoms with van der Waals surface area (Å²) >= 11 is 0. The van der Waals surface area contributed by atoms with E-state index in [-0.39, 0.29) is 11.3 Å². The van der Waals surface area contributed by atoms with Crippen LogP contribution in [0, 0.1) is 6.92 Å². The predicted molar refractivity (Wildman–Crippen MR) is 100 cm³/mol. The van der Waals surface area contributed by atoms with Gasteiger partial charge >= 0.3 is 0 Å². The molecule has 0 atom stereocenters. The first-order chi connectivity index (χ1) is 12.6. The zero-order chi connectivity index (χ0) is 18.3. The molecule has 2 aromatic heterocycles. The van der Waals surface area contributed by atoms with E-state index in [2.05, 4.69) is 15.1 Å². The second-order valence-electron chi connectivity index (χ2n) is 5.96. The minimum Gasteiger partial charge on any atom is -0.507 e. The minimum atomic E-state index is -0.317. The molecule has 0 radical (unpaired) electrons. The van der Waals surface area contributed by atoms with Crippen LogP contribution in [0.2, 0.25) is 0 Å². The van der Waals surface area contributed by atoms with Gasteiger partial charge in [-0.2, -0.15) is 9.78 Å². The Hall–Kier alpha value is -3.61. The first-order valence-electron chi connectivity index (χ1n) is 7.98. The van der Waals surface area contributed by atoms with Gasteiger partial charge in [-0.05, 0) is 37.3 Å². The molecule has 0 fully saturated rings. The molecule has 0 saturated heterocycles. The SMILES string of the molecule is COc1ccc(O)c(C=Nn2cnc3c([nH]c4ccc(C)cc43)c2=O)c1. The van der Waals surface area contributed by atoms with Gasteiger partial charge in [-0.15, -0.1) is 0 Å². The van der Waals surface area contributed by atoms with Gasteiger partial charge in [-0.25, -0.2) is 4.98 Å². The number of methoxy groups -OCH3 is 1. The van der Waals surface area contributed by atoms with Gasteiger partial charge in [0, 0.05) is 16.5 Å². The number of phenolic OH excluding ortho intramolecular Hbond substituents is 1. The molecule has 2 heterocycles. The van der Waals surface area contributed by atoms with E-state index < -0.39 is 0 Å². The summed E-state index contributed by atoms with van der Waals surface area (Å²) in [6, 6.07) is 10.7. The Morgan fingerprint density at radius 2 is 2.12 bits per heavy atom. The number of benzene rings is 2. The van der Waals surface area contributed by atoms with Crippen molar-refractivity contribution in [2.24, 2.45) is 5.10 Å². The van der Waals surface area contributed by atoms with E-state index in [1.807, 2.05) is 25.1 Å². The maximum absolute atomic E-state index is 12.7. The van der Waals surface area contributed by atoms with Crippen LogP contribution in [0.1, 0.15) is 11.1 Å². The highest BCUT2D eigenvalue weighted by molar-refractivity contribution is 6.04. The maximum atomic E-state index is 12.7. The summed E-state index contributed by atoms with van der Waals surface area (Å²) in [7, 11) is 1.53. The van der Waals surface area contributed by atoms with Gasteiger partial charge in [0.2, 0.25) is 0 Å². The number of rotatable bonds is 3. The fourth-order valence-corrected chi connectivity index (χ4v) is 2.83. The van der Waals surface area contributed by atoms with Crippen LogP contribution in [-0.4, -0.2) is 33.1 Å². The Morgan fingerprint density at radius 3 is 2.92 bits per heavy atom. The number of H-pyrrole nitrogens is 1. The lowest BCUT2D eigenvalue weighted by atomic mass is 10.2. The number of hydrogen-bond acceptors (Lipinski definition) is 5. The average molecular weight is 348 g/mol. The summed E-state index contributed by atoms with van der Waals surface area (Å²) in [5, 5.41) is 14.9. The topological polar surface area (TPSA) is 92.5 Å².